The van der Waals surface area contributed by atoms with Crippen LogP contribution in [0.25, 0.3) is 0 Å². The highest BCUT2D eigenvalue weighted by molar-refractivity contribution is 6.05. The van der Waals surface area contributed by atoms with E-state index >= 15 is 0 Å². The number of hydrogen-bond donors (Lipinski definition) is 1. The zero-order valence-electron chi connectivity index (χ0n) is 15.8. The zero-order chi connectivity index (χ0) is 18.9. The summed E-state index contributed by atoms with van der Waals surface area (Å²) in [5.74, 6) is 0.772. The molecule has 2 aromatic rings. The monoisotopic (exact) mass is 354 g/mol. The number of phenolic OH excluding ortho intramolecular Hbond substituents is 1. The van der Waals surface area contributed by atoms with Gasteiger partial charge in [0.25, 0.3) is 0 Å². The van der Waals surface area contributed by atoms with Gasteiger partial charge in [-0.3, -0.25) is 9.80 Å². The lowest BCUT2D eigenvalue weighted by Crippen LogP contribution is -2.49. The van der Waals surface area contributed by atoms with E-state index in [1.807, 2.05) is 57.2 Å². The predicted molar refractivity (Wildman–Crippen MR) is 105 cm³/mol. The molecular weight excluding hydrogens is 328 g/mol. The Bertz CT molecular complexity index is 797. The Labute approximate surface area is 154 Å². The maximum atomic E-state index is 13.1. The van der Waals surface area contributed by atoms with Gasteiger partial charge in [0, 0.05) is 30.4 Å². The van der Waals surface area contributed by atoms with Gasteiger partial charge in [0.2, 0.25) is 0 Å². The number of amides is 2. The number of methoxy groups -OCH3 is 1. The Morgan fingerprint density at radius 2 is 1.69 bits per heavy atom. The molecule has 5 nitrogen and oxygen atoms in total. The maximum Gasteiger partial charge on any atom is 0.329 e. The fraction of sp³-hybridized carbons (Fsp3) is 0.381. The van der Waals surface area contributed by atoms with Crippen molar-refractivity contribution in [1.29, 1.82) is 0 Å². The van der Waals surface area contributed by atoms with E-state index in [9.17, 15) is 9.90 Å². The molecular formula is C21H26N2O3. The number of carbonyl (C=O) groups is 1. The Morgan fingerprint density at radius 3 is 2.31 bits per heavy atom. The van der Waals surface area contributed by atoms with Crippen LogP contribution in [-0.2, 0) is 5.41 Å². The highest BCUT2D eigenvalue weighted by atomic mass is 16.5. The number of urea groups is 1. The summed E-state index contributed by atoms with van der Waals surface area (Å²) in [5, 5.41) is 10.9. The zero-order valence-corrected chi connectivity index (χ0v) is 15.8. The molecule has 0 radical (unpaired) electrons. The molecule has 0 atom stereocenters. The van der Waals surface area contributed by atoms with Crippen LogP contribution in [0.1, 0.15) is 32.8 Å². The van der Waals surface area contributed by atoms with Crippen molar-refractivity contribution >= 4 is 17.4 Å². The van der Waals surface area contributed by atoms with Gasteiger partial charge in [0.15, 0.2) is 0 Å². The highest BCUT2D eigenvalue weighted by Crippen LogP contribution is 2.42. The molecule has 26 heavy (non-hydrogen) atoms. The number of carbonyl (C=O) groups excluding carboxylic acids is 1. The normalized spacial score (nSPS) is 15.3. The average Bonchev–Trinajstić information content (AvgIpc) is 2.62. The Kier molecular flexibility index (Phi) is 4.81. The van der Waals surface area contributed by atoms with Crippen LogP contribution in [0.15, 0.2) is 42.5 Å². The molecule has 1 fully saturated rings. The van der Waals surface area contributed by atoms with Crippen molar-refractivity contribution in [2.75, 3.05) is 30.0 Å². The summed E-state index contributed by atoms with van der Waals surface area (Å²) in [6.45, 7) is 7.31. The fourth-order valence-electron chi connectivity index (χ4n) is 3.28. The molecule has 1 aliphatic heterocycles. The summed E-state index contributed by atoms with van der Waals surface area (Å²) >= 11 is 0. The third kappa shape index (κ3) is 3.34. The van der Waals surface area contributed by atoms with E-state index in [-0.39, 0.29) is 17.2 Å². The van der Waals surface area contributed by atoms with E-state index in [0.29, 0.717) is 24.5 Å². The second-order valence-electron chi connectivity index (χ2n) is 7.57. The van der Waals surface area contributed by atoms with Crippen molar-refractivity contribution in [2.24, 2.45) is 0 Å². The molecule has 1 saturated heterocycles. The Hall–Kier alpha value is -2.69. The molecule has 1 N–H and O–H groups in total. The molecule has 0 saturated carbocycles. The van der Waals surface area contributed by atoms with Crippen molar-refractivity contribution < 1.29 is 14.6 Å². The molecule has 1 aliphatic rings. The van der Waals surface area contributed by atoms with Crippen LogP contribution in [0.5, 0.6) is 11.5 Å². The summed E-state index contributed by atoms with van der Waals surface area (Å²) in [6, 6.07) is 13.1. The minimum Gasteiger partial charge on any atom is -0.505 e. The van der Waals surface area contributed by atoms with E-state index < -0.39 is 0 Å². The van der Waals surface area contributed by atoms with Gasteiger partial charge in [0.05, 0.1) is 12.8 Å². The number of para-hydroxylation sites is 1. The summed E-state index contributed by atoms with van der Waals surface area (Å²) < 4.78 is 5.42. The molecule has 0 aromatic heterocycles. The number of phenols is 1. The first kappa shape index (κ1) is 18.1. The standard InChI is InChI=1S/C21H26N2O3/c1-21(2,3)17-13-16(26-4)14-18(19(17)24)23-12-8-11-22(20(23)25)15-9-6-5-7-10-15/h5-7,9-10,13-14,24H,8,11-12H2,1-4H3. The van der Waals surface area contributed by atoms with Crippen molar-refractivity contribution in [2.45, 2.75) is 32.6 Å². The molecule has 1 heterocycles. The van der Waals surface area contributed by atoms with E-state index in [0.717, 1.165) is 17.7 Å². The first-order valence-corrected chi connectivity index (χ1v) is 8.88. The van der Waals surface area contributed by atoms with Crippen LogP contribution in [0, 0.1) is 0 Å². The number of nitrogens with zero attached hydrogens (tertiary/aromatic N) is 2. The first-order valence-electron chi connectivity index (χ1n) is 8.88. The largest absolute Gasteiger partial charge is 0.505 e. The van der Waals surface area contributed by atoms with Gasteiger partial charge in [0.1, 0.15) is 11.5 Å². The topological polar surface area (TPSA) is 53.0 Å². The number of aromatic hydroxyl groups is 1. The van der Waals surface area contributed by atoms with E-state index in [1.165, 1.54) is 0 Å². The number of anilines is 2. The summed E-state index contributed by atoms with van der Waals surface area (Å²) in [4.78, 5) is 16.5. The van der Waals surface area contributed by atoms with Crippen molar-refractivity contribution in [3.8, 4) is 11.5 Å². The molecule has 0 unspecified atom stereocenters. The summed E-state index contributed by atoms with van der Waals surface area (Å²) in [6.07, 6.45) is 0.822. The predicted octanol–water partition coefficient (Wildman–Crippen LogP) is 4.54. The van der Waals surface area contributed by atoms with Crippen molar-refractivity contribution in [3.63, 3.8) is 0 Å². The van der Waals surface area contributed by atoms with Crippen molar-refractivity contribution in [3.05, 3.63) is 48.0 Å². The van der Waals surface area contributed by atoms with E-state index in [4.69, 9.17) is 4.74 Å². The first-order chi connectivity index (χ1) is 12.3. The second-order valence-corrected chi connectivity index (χ2v) is 7.57. The van der Waals surface area contributed by atoms with Gasteiger partial charge in [-0.2, -0.15) is 0 Å². The lowest BCUT2D eigenvalue weighted by atomic mass is 9.85. The number of hydrogen-bond acceptors (Lipinski definition) is 3. The molecule has 5 heteroatoms. The van der Waals surface area contributed by atoms with Crippen LogP contribution >= 0.6 is 0 Å². The molecule has 0 aliphatic carbocycles. The summed E-state index contributed by atoms with van der Waals surface area (Å²) in [5.41, 5.74) is 1.85. The average molecular weight is 354 g/mol. The highest BCUT2D eigenvalue weighted by Gasteiger charge is 2.32. The Morgan fingerprint density at radius 1 is 1.04 bits per heavy atom. The lowest BCUT2D eigenvalue weighted by Gasteiger charge is -2.36. The smallest absolute Gasteiger partial charge is 0.329 e. The van der Waals surface area contributed by atoms with Crippen LogP contribution in [0.4, 0.5) is 16.2 Å². The number of ether oxygens (including phenoxy) is 1. The van der Waals surface area contributed by atoms with Gasteiger partial charge in [-0.25, -0.2) is 4.79 Å². The van der Waals surface area contributed by atoms with E-state index in [2.05, 4.69) is 0 Å². The van der Waals surface area contributed by atoms with Crippen LogP contribution in [0.2, 0.25) is 0 Å². The molecule has 3 rings (SSSR count). The fourth-order valence-corrected chi connectivity index (χ4v) is 3.28. The quantitative estimate of drug-likeness (QED) is 0.881. The van der Waals surface area contributed by atoms with Crippen molar-refractivity contribution in [1.82, 2.24) is 0 Å². The van der Waals surface area contributed by atoms with Gasteiger partial charge in [-0.05, 0) is 30.0 Å². The van der Waals surface area contributed by atoms with Crippen LogP contribution in [-0.4, -0.2) is 31.3 Å². The minimum absolute atomic E-state index is 0.133. The third-order valence-electron chi connectivity index (χ3n) is 4.69. The second kappa shape index (κ2) is 6.90. The molecule has 2 amide bonds. The SMILES string of the molecule is COc1cc(N2CCCN(c3ccccc3)C2=O)c(O)c(C(C)(C)C)c1. The van der Waals surface area contributed by atoms with Gasteiger partial charge >= 0.3 is 6.03 Å². The number of benzene rings is 2. The van der Waals surface area contributed by atoms with Crippen LogP contribution < -0.4 is 14.5 Å². The maximum absolute atomic E-state index is 13.1. The molecule has 2 aromatic carbocycles. The van der Waals surface area contributed by atoms with Gasteiger partial charge in [-0.1, -0.05) is 39.0 Å². The minimum atomic E-state index is -0.272. The van der Waals surface area contributed by atoms with Crippen LogP contribution in [0.3, 0.4) is 0 Å². The molecule has 0 spiro atoms. The van der Waals surface area contributed by atoms with Gasteiger partial charge in [-0.15, -0.1) is 0 Å². The Balaban J connectivity index is 2.04. The third-order valence-corrected chi connectivity index (χ3v) is 4.69. The lowest BCUT2D eigenvalue weighted by molar-refractivity contribution is 0.248. The molecule has 0 bridgehead atoms. The van der Waals surface area contributed by atoms with E-state index in [1.54, 1.807) is 23.0 Å². The summed E-state index contributed by atoms with van der Waals surface area (Å²) in [7, 11) is 1.59. The number of rotatable bonds is 3. The van der Waals surface area contributed by atoms with Gasteiger partial charge < -0.3 is 9.84 Å². The molecule has 138 valence electrons.